The smallest absolute Gasteiger partial charge is 0.132 e. The molecule has 0 amide bonds. The van der Waals surface area contributed by atoms with Crippen molar-refractivity contribution in [1.29, 1.82) is 0 Å². The average molecular weight is 270 g/mol. The minimum absolute atomic E-state index is 0.802. The van der Waals surface area contributed by atoms with E-state index < -0.39 is 0 Å². The van der Waals surface area contributed by atoms with Gasteiger partial charge in [-0.15, -0.1) is 0 Å². The van der Waals surface area contributed by atoms with Gasteiger partial charge in [0.25, 0.3) is 0 Å². The quantitative estimate of drug-likeness (QED) is 0.835. The highest BCUT2D eigenvalue weighted by atomic mass is 15.2. The van der Waals surface area contributed by atoms with Gasteiger partial charge in [0.15, 0.2) is 0 Å². The van der Waals surface area contributed by atoms with Gasteiger partial charge >= 0.3 is 0 Å². The van der Waals surface area contributed by atoms with E-state index in [1.54, 1.807) is 6.20 Å². The highest BCUT2D eigenvalue weighted by Gasteiger charge is 2.08. The van der Waals surface area contributed by atoms with Gasteiger partial charge in [-0.2, -0.15) is 0 Å². The second-order valence-corrected chi connectivity index (χ2v) is 5.32. The first-order valence-corrected chi connectivity index (χ1v) is 6.78. The highest BCUT2D eigenvalue weighted by molar-refractivity contribution is 5.39. The van der Waals surface area contributed by atoms with Crippen LogP contribution in [0.4, 0.5) is 5.82 Å². The molecule has 0 bridgehead atoms. The monoisotopic (exact) mass is 270 g/mol. The second kappa shape index (κ2) is 6.48. The lowest BCUT2D eigenvalue weighted by Crippen LogP contribution is -2.20. The lowest BCUT2D eigenvalue weighted by atomic mass is 10.1. The first kappa shape index (κ1) is 14.5. The van der Waals surface area contributed by atoms with Gasteiger partial charge in [-0.1, -0.05) is 24.3 Å². The first-order valence-electron chi connectivity index (χ1n) is 6.78. The van der Waals surface area contributed by atoms with Gasteiger partial charge < -0.3 is 9.80 Å². The molecule has 106 valence electrons. The molecule has 0 aliphatic heterocycles. The molecule has 0 saturated carbocycles. The molecular formula is C16H22N4. The predicted molar refractivity (Wildman–Crippen MR) is 82.7 cm³/mol. The van der Waals surface area contributed by atoms with Crippen molar-refractivity contribution < 1.29 is 0 Å². The summed E-state index contributed by atoms with van der Waals surface area (Å²) in [6.45, 7) is 3.71. The molecule has 0 saturated heterocycles. The third kappa shape index (κ3) is 3.78. The molecule has 2 aromatic rings. The maximum atomic E-state index is 4.46. The van der Waals surface area contributed by atoms with Gasteiger partial charge in [0.1, 0.15) is 11.6 Å². The molecule has 1 aromatic heterocycles. The largest absolute Gasteiger partial charge is 0.355 e. The van der Waals surface area contributed by atoms with E-state index in [-0.39, 0.29) is 0 Å². The summed E-state index contributed by atoms with van der Waals surface area (Å²) in [7, 11) is 6.25. The molecule has 0 N–H and O–H groups in total. The van der Waals surface area contributed by atoms with Crippen LogP contribution in [0.5, 0.6) is 0 Å². The second-order valence-electron chi connectivity index (χ2n) is 5.32. The Kier molecular flexibility index (Phi) is 4.69. The van der Waals surface area contributed by atoms with E-state index >= 15 is 0 Å². The third-order valence-corrected chi connectivity index (χ3v) is 3.16. The predicted octanol–water partition coefficient (Wildman–Crippen LogP) is 2.48. The van der Waals surface area contributed by atoms with Crippen LogP contribution in [0.2, 0.25) is 0 Å². The van der Waals surface area contributed by atoms with Crippen LogP contribution in [0.15, 0.2) is 36.5 Å². The molecule has 0 fully saturated rings. The topological polar surface area (TPSA) is 32.3 Å². The fourth-order valence-corrected chi connectivity index (χ4v) is 2.20. The zero-order valence-corrected chi connectivity index (χ0v) is 12.7. The van der Waals surface area contributed by atoms with E-state index in [1.807, 2.05) is 13.0 Å². The van der Waals surface area contributed by atoms with E-state index in [2.05, 4.69) is 65.2 Å². The molecule has 1 aromatic carbocycles. The fraction of sp³-hybridized carbons (Fsp3) is 0.375. The van der Waals surface area contributed by atoms with Crippen LogP contribution >= 0.6 is 0 Å². The van der Waals surface area contributed by atoms with Crippen molar-refractivity contribution in [2.75, 3.05) is 26.0 Å². The zero-order valence-electron chi connectivity index (χ0n) is 12.7. The van der Waals surface area contributed by atoms with Crippen LogP contribution in [-0.2, 0) is 13.1 Å². The summed E-state index contributed by atoms with van der Waals surface area (Å²) in [6, 6.07) is 10.5. The van der Waals surface area contributed by atoms with Crippen molar-refractivity contribution in [3.8, 4) is 0 Å². The van der Waals surface area contributed by atoms with Crippen molar-refractivity contribution in [1.82, 2.24) is 14.9 Å². The first-order chi connectivity index (χ1) is 9.56. The number of rotatable bonds is 5. The fourth-order valence-electron chi connectivity index (χ4n) is 2.20. The third-order valence-electron chi connectivity index (χ3n) is 3.16. The molecule has 0 spiro atoms. The number of anilines is 1. The van der Waals surface area contributed by atoms with Crippen LogP contribution in [0.3, 0.4) is 0 Å². The Morgan fingerprint density at radius 2 is 1.60 bits per heavy atom. The molecule has 0 atom stereocenters. The van der Waals surface area contributed by atoms with E-state index in [4.69, 9.17) is 0 Å². The van der Waals surface area contributed by atoms with Gasteiger partial charge in [0, 0.05) is 26.3 Å². The van der Waals surface area contributed by atoms with E-state index in [0.717, 1.165) is 24.7 Å². The number of aryl methyl sites for hydroxylation is 1. The molecule has 0 radical (unpaired) electrons. The summed E-state index contributed by atoms with van der Waals surface area (Å²) < 4.78 is 0. The van der Waals surface area contributed by atoms with Crippen molar-refractivity contribution >= 4 is 5.82 Å². The highest BCUT2D eigenvalue weighted by Crippen LogP contribution is 2.16. The number of hydrogen-bond acceptors (Lipinski definition) is 4. The van der Waals surface area contributed by atoms with Gasteiger partial charge in [0.05, 0.1) is 0 Å². The average Bonchev–Trinajstić information content (AvgIpc) is 2.40. The Morgan fingerprint density at radius 1 is 0.950 bits per heavy atom. The molecule has 2 rings (SSSR count). The summed E-state index contributed by atoms with van der Waals surface area (Å²) in [5.41, 5.74) is 2.69. The number of benzene rings is 1. The molecule has 4 nitrogen and oxygen atoms in total. The molecule has 0 aliphatic rings. The summed E-state index contributed by atoms with van der Waals surface area (Å²) in [5.74, 6) is 1.76. The molecule has 0 aliphatic carbocycles. The standard InChI is InChI=1S/C16H22N4/c1-13-17-10-9-16(18-13)20(4)12-15-8-6-5-7-14(15)11-19(2)3/h5-10H,11-12H2,1-4H3. The maximum absolute atomic E-state index is 4.46. The summed E-state index contributed by atoms with van der Waals surface area (Å²) in [5, 5.41) is 0. The minimum Gasteiger partial charge on any atom is -0.355 e. The van der Waals surface area contributed by atoms with Crippen molar-refractivity contribution in [2.45, 2.75) is 20.0 Å². The Labute approximate surface area is 121 Å². The lowest BCUT2D eigenvalue weighted by molar-refractivity contribution is 0.401. The SMILES string of the molecule is Cc1nccc(N(C)Cc2ccccc2CN(C)C)n1. The van der Waals surface area contributed by atoms with Crippen LogP contribution < -0.4 is 4.90 Å². The Hall–Kier alpha value is -1.94. The van der Waals surface area contributed by atoms with Crippen LogP contribution in [0.1, 0.15) is 17.0 Å². The lowest BCUT2D eigenvalue weighted by Gasteiger charge is -2.21. The number of nitrogens with zero attached hydrogens (tertiary/aromatic N) is 4. The minimum atomic E-state index is 0.802. The zero-order chi connectivity index (χ0) is 14.5. The summed E-state index contributed by atoms with van der Waals surface area (Å²) >= 11 is 0. The van der Waals surface area contributed by atoms with Crippen LogP contribution in [0.25, 0.3) is 0 Å². The molecule has 1 heterocycles. The molecule has 20 heavy (non-hydrogen) atoms. The van der Waals surface area contributed by atoms with Crippen molar-refractivity contribution in [3.05, 3.63) is 53.5 Å². The number of hydrogen-bond donors (Lipinski definition) is 0. The Balaban J connectivity index is 2.17. The van der Waals surface area contributed by atoms with Crippen molar-refractivity contribution in [3.63, 3.8) is 0 Å². The van der Waals surface area contributed by atoms with Gasteiger partial charge in [-0.05, 0) is 38.2 Å². The summed E-state index contributed by atoms with van der Waals surface area (Å²) in [6.07, 6.45) is 1.81. The van der Waals surface area contributed by atoms with Gasteiger partial charge in [-0.3, -0.25) is 0 Å². The van der Waals surface area contributed by atoms with E-state index in [0.29, 0.717) is 0 Å². The van der Waals surface area contributed by atoms with Crippen LogP contribution in [0, 0.1) is 6.92 Å². The van der Waals surface area contributed by atoms with E-state index in [9.17, 15) is 0 Å². The number of aromatic nitrogens is 2. The maximum Gasteiger partial charge on any atom is 0.132 e. The Morgan fingerprint density at radius 3 is 2.20 bits per heavy atom. The molecule has 4 heteroatoms. The molecular weight excluding hydrogens is 248 g/mol. The van der Waals surface area contributed by atoms with Gasteiger partial charge in [0.2, 0.25) is 0 Å². The molecule has 0 unspecified atom stereocenters. The van der Waals surface area contributed by atoms with Crippen molar-refractivity contribution in [2.24, 2.45) is 0 Å². The van der Waals surface area contributed by atoms with Crippen LogP contribution in [-0.4, -0.2) is 36.0 Å². The normalized spacial score (nSPS) is 10.8. The van der Waals surface area contributed by atoms with E-state index in [1.165, 1.54) is 11.1 Å². The van der Waals surface area contributed by atoms with Gasteiger partial charge in [-0.25, -0.2) is 9.97 Å². The Bertz CT molecular complexity index is 566. The summed E-state index contributed by atoms with van der Waals surface area (Å²) in [4.78, 5) is 13.0.